The second-order valence-corrected chi connectivity index (χ2v) is 4.59. The number of para-hydroxylation sites is 1. The molecule has 0 aliphatic carbocycles. The normalized spacial score (nSPS) is 11.6. The van der Waals surface area contributed by atoms with Crippen molar-refractivity contribution < 1.29 is 4.74 Å². The Morgan fingerprint density at radius 2 is 1.79 bits per heavy atom. The van der Waals surface area contributed by atoms with Gasteiger partial charge in [-0.25, -0.2) is 0 Å². The van der Waals surface area contributed by atoms with Crippen LogP contribution >= 0.6 is 0 Å². The van der Waals surface area contributed by atoms with Crippen LogP contribution in [0.15, 0.2) is 48.5 Å². The number of nitrogens with zero attached hydrogens (tertiary/aromatic N) is 1. The molecule has 2 aromatic rings. The highest BCUT2D eigenvalue weighted by Gasteiger charge is 2.10. The minimum Gasteiger partial charge on any atom is -0.457 e. The largest absolute Gasteiger partial charge is 0.457 e. The number of rotatable bonds is 4. The molecule has 0 bridgehead atoms. The maximum atomic E-state index is 8.78. The van der Waals surface area contributed by atoms with Crippen LogP contribution in [0, 0.1) is 11.3 Å². The Balaban J connectivity index is 2.25. The van der Waals surface area contributed by atoms with Crippen molar-refractivity contribution in [2.24, 2.45) is 0 Å². The van der Waals surface area contributed by atoms with Gasteiger partial charge in [-0.1, -0.05) is 32.0 Å². The fourth-order valence-electron chi connectivity index (χ4n) is 1.92. The summed E-state index contributed by atoms with van der Waals surface area (Å²) in [5.74, 6) is 2.12. The molecule has 0 saturated carbocycles. The van der Waals surface area contributed by atoms with E-state index in [1.165, 1.54) is 5.56 Å². The first-order chi connectivity index (χ1) is 9.24. The van der Waals surface area contributed by atoms with Crippen LogP contribution in [0.2, 0.25) is 0 Å². The third kappa shape index (κ3) is 3.14. The van der Waals surface area contributed by atoms with E-state index in [4.69, 9.17) is 10.00 Å². The van der Waals surface area contributed by atoms with Crippen molar-refractivity contribution in [3.05, 3.63) is 59.7 Å². The molecule has 0 spiro atoms. The van der Waals surface area contributed by atoms with Gasteiger partial charge in [-0.05, 0) is 48.2 Å². The van der Waals surface area contributed by atoms with Gasteiger partial charge in [-0.2, -0.15) is 5.26 Å². The maximum absolute atomic E-state index is 8.78. The summed E-state index contributed by atoms with van der Waals surface area (Å²) in [7, 11) is 0. The molecule has 0 aliphatic rings. The predicted molar refractivity (Wildman–Crippen MR) is 76.4 cm³/mol. The summed E-state index contributed by atoms with van der Waals surface area (Å²) in [6, 6.07) is 17.4. The van der Waals surface area contributed by atoms with Crippen LogP contribution in [-0.4, -0.2) is 0 Å². The van der Waals surface area contributed by atoms with Crippen molar-refractivity contribution >= 4 is 0 Å². The van der Waals surface area contributed by atoms with E-state index in [1.54, 1.807) is 12.1 Å². The fourth-order valence-corrected chi connectivity index (χ4v) is 1.92. The topological polar surface area (TPSA) is 33.0 Å². The zero-order valence-corrected chi connectivity index (χ0v) is 11.3. The van der Waals surface area contributed by atoms with Gasteiger partial charge in [0.2, 0.25) is 0 Å². The standard InChI is InChI=1S/C17H17NO/c1-3-13(2)16-6-4-5-7-17(16)19-15-10-8-14(12-18)9-11-15/h4-11,13H,3H2,1-2H3. The summed E-state index contributed by atoms with van der Waals surface area (Å²) in [6.45, 7) is 4.37. The molecule has 2 aromatic carbocycles. The zero-order valence-electron chi connectivity index (χ0n) is 11.3. The summed E-state index contributed by atoms with van der Waals surface area (Å²) in [6.07, 6.45) is 1.08. The third-order valence-corrected chi connectivity index (χ3v) is 3.27. The van der Waals surface area contributed by atoms with E-state index in [9.17, 15) is 0 Å². The molecule has 2 nitrogen and oxygen atoms in total. The van der Waals surface area contributed by atoms with Crippen LogP contribution in [0.1, 0.15) is 37.3 Å². The minimum absolute atomic E-state index is 0.467. The van der Waals surface area contributed by atoms with Gasteiger partial charge < -0.3 is 4.74 Å². The van der Waals surface area contributed by atoms with Crippen molar-refractivity contribution in [2.75, 3.05) is 0 Å². The van der Waals surface area contributed by atoms with E-state index >= 15 is 0 Å². The van der Waals surface area contributed by atoms with Gasteiger partial charge in [0.1, 0.15) is 11.5 Å². The van der Waals surface area contributed by atoms with Crippen molar-refractivity contribution in [1.82, 2.24) is 0 Å². The first-order valence-electron chi connectivity index (χ1n) is 6.51. The number of nitriles is 1. The zero-order chi connectivity index (χ0) is 13.7. The predicted octanol–water partition coefficient (Wildman–Crippen LogP) is 4.86. The van der Waals surface area contributed by atoms with Gasteiger partial charge in [-0.15, -0.1) is 0 Å². The second kappa shape index (κ2) is 6.06. The lowest BCUT2D eigenvalue weighted by Crippen LogP contribution is -1.95. The number of benzene rings is 2. The van der Waals surface area contributed by atoms with E-state index in [0.717, 1.165) is 17.9 Å². The molecule has 0 aromatic heterocycles. The first-order valence-corrected chi connectivity index (χ1v) is 6.51. The van der Waals surface area contributed by atoms with Crippen LogP contribution in [0.4, 0.5) is 0 Å². The molecule has 0 radical (unpaired) electrons. The van der Waals surface area contributed by atoms with E-state index < -0.39 is 0 Å². The Morgan fingerprint density at radius 1 is 1.11 bits per heavy atom. The van der Waals surface area contributed by atoms with E-state index in [0.29, 0.717) is 11.5 Å². The van der Waals surface area contributed by atoms with Crippen molar-refractivity contribution in [1.29, 1.82) is 5.26 Å². The summed E-state index contributed by atoms with van der Waals surface area (Å²) >= 11 is 0. The van der Waals surface area contributed by atoms with Crippen molar-refractivity contribution in [3.8, 4) is 17.6 Å². The minimum atomic E-state index is 0.467. The Labute approximate surface area is 114 Å². The molecule has 2 rings (SSSR count). The van der Waals surface area contributed by atoms with Gasteiger partial charge in [0.15, 0.2) is 0 Å². The van der Waals surface area contributed by atoms with Crippen LogP contribution in [0.3, 0.4) is 0 Å². The van der Waals surface area contributed by atoms with Crippen LogP contribution in [0.5, 0.6) is 11.5 Å². The Bertz CT molecular complexity index is 581. The highest BCUT2D eigenvalue weighted by Crippen LogP contribution is 2.31. The molecule has 0 N–H and O–H groups in total. The van der Waals surface area contributed by atoms with Crippen LogP contribution in [0.25, 0.3) is 0 Å². The molecule has 1 atom stereocenters. The average Bonchev–Trinajstić information content (AvgIpc) is 2.48. The highest BCUT2D eigenvalue weighted by atomic mass is 16.5. The molecular formula is C17H17NO. The number of ether oxygens (including phenoxy) is 1. The molecule has 96 valence electrons. The Kier molecular flexibility index (Phi) is 4.20. The second-order valence-electron chi connectivity index (χ2n) is 4.59. The lowest BCUT2D eigenvalue weighted by Gasteiger charge is -2.15. The van der Waals surface area contributed by atoms with E-state index in [-0.39, 0.29) is 0 Å². The van der Waals surface area contributed by atoms with Crippen molar-refractivity contribution in [3.63, 3.8) is 0 Å². The van der Waals surface area contributed by atoms with Crippen LogP contribution in [-0.2, 0) is 0 Å². The van der Waals surface area contributed by atoms with Crippen molar-refractivity contribution in [2.45, 2.75) is 26.2 Å². The maximum Gasteiger partial charge on any atom is 0.130 e. The molecule has 1 unspecified atom stereocenters. The third-order valence-electron chi connectivity index (χ3n) is 3.27. The van der Waals surface area contributed by atoms with E-state index in [1.807, 2.05) is 30.3 Å². The smallest absolute Gasteiger partial charge is 0.130 e. The molecule has 2 heteroatoms. The molecule has 0 amide bonds. The molecule has 0 fully saturated rings. The fraction of sp³-hybridized carbons (Fsp3) is 0.235. The quantitative estimate of drug-likeness (QED) is 0.777. The molecule has 0 heterocycles. The molecule has 19 heavy (non-hydrogen) atoms. The number of hydrogen-bond donors (Lipinski definition) is 0. The molecule has 0 saturated heterocycles. The van der Waals surface area contributed by atoms with Gasteiger partial charge in [0.25, 0.3) is 0 Å². The van der Waals surface area contributed by atoms with Gasteiger partial charge in [-0.3, -0.25) is 0 Å². The highest BCUT2D eigenvalue weighted by molar-refractivity contribution is 5.41. The lowest BCUT2D eigenvalue weighted by atomic mass is 9.98. The molecular weight excluding hydrogens is 234 g/mol. The summed E-state index contributed by atoms with van der Waals surface area (Å²) < 4.78 is 5.92. The van der Waals surface area contributed by atoms with Gasteiger partial charge in [0.05, 0.1) is 11.6 Å². The first kappa shape index (κ1) is 13.2. The SMILES string of the molecule is CCC(C)c1ccccc1Oc1ccc(C#N)cc1. The Morgan fingerprint density at radius 3 is 2.42 bits per heavy atom. The monoisotopic (exact) mass is 251 g/mol. The van der Waals surface area contributed by atoms with Gasteiger partial charge >= 0.3 is 0 Å². The van der Waals surface area contributed by atoms with Gasteiger partial charge in [0, 0.05) is 0 Å². The van der Waals surface area contributed by atoms with E-state index in [2.05, 4.69) is 26.0 Å². The lowest BCUT2D eigenvalue weighted by molar-refractivity contribution is 0.470. The average molecular weight is 251 g/mol. The van der Waals surface area contributed by atoms with Crippen LogP contribution < -0.4 is 4.74 Å². The summed E-state index contributed by atoms with van der Waals surface area (Å²) in [5.41, 5.74) is 1.86. The Hall–Kier alpha value is -2.27. The number of hydrogen-bond acceptors (Lipinski definition) is 2. The summed E-state index contributed by atoms with van der Waals surface area (Å²) in [5, 5.41) is 8.78. The molecule has 0 aliphatic heterocycles. The summed E-state index contributed by atoms with van der Waals surface area (Å²) in [4.78, 5) is 0.